The summed E-state index contributed by atoms with van der Waals surface area (Å²) in [5.41, 5.74) is 8.22. The van der Waals surface area contributed by atoms with E-state index in [4.69, 9.17) is 5.73 Å². The lowest BCUT2D eigenvalue weighted by atomic mass is 10.1. The lowest BCUT2D eigenvalue weighted by Gasteiger charge is -2.16. The van der Waals surface area contributed by atoms with Gasteiger partial charge in [-0.1, -0.05) is 12.1 Å². The number of halogens is 2. The van der Waals surface area contributed by atoms with Gasteiger partial charge in [0, 0.05) is 34.4 Å². The number of aromatic nitrogens is 2. The van der Waals surface area contributed by atoms with Gasteiger partial charge in [-0.15, -0.1) is 11.3 Å². The van der Waals surface area contributed by atoms with E-state index in [9.17, 15) is 9.18 Å². The number of H-pyrrole nitrogens is 1. The predicted octanol–water partition coefficient (Wildman–Crippen LogP) is 4.62. The van der Waals surface area contributed by atoms with Crippen LogP contribution in [0.1, 0.15) is 21.3 Å². The standard InChI is InChI=1S/C20H16BrFN4OS/c21-15-9-17(20(27)26-16(10-23)11-2-1-3-12(22)8-11)28-18(15)13-4-6-24-19-14(13)5-7-25-19/h1-9,16H,10,23H2,(H,24,25)(H,26,27). The minimum absolute atomic E-state index is 0.170. The van der Waals surface area contributed by atoms with Crippen LogP contribution in [0.5, 0.6) is 0 Å². The van der Waals surface area contributed by atoms with Crippen LogP contribution < -0.4 is 11.1 Å². The Labute approximate surface area is 172 Å². The Balaban J connectivity index is 1.62. The molecule has 0 fully saturated rings. The van der Waals surface area contributed by atoms with Gasteiger partial charge in [-0.25, -0.2) is 9.37 Å². The topological polar surface area (TPSA) is 83.8 Å². The third-order valence-corrected chi connectivity index (χ3v) is 6.46. The van der Waals surface area contributed by atoms with E-state index in [1.165, 1.54) is 23.5 Å². The second-order valence-corrected chi connectivity index (χ2v) is 8.11. The minimum Gasteiger partial charge on any atom is -0.346 e. The van der Waals surface area contributed by atoms with Crippen molar-refractivity contribution >= 4 is 44.2 Å². The van der Waals surface area contributed by atoms with E-state index in [0.717, 1.165) is 25.9 Å². The number of carbonyl (C=O) groups is 1. The summed E-state index contributed by atoms with van der Waals surface area (Å²) in [5, 5.41) is 3.87. The molecule has 1 amide bonds. The summed E-state index contributed by atoms with van der Waals surface area (Å²) in [6.07, 6.45) is 3.57. The van der Waals surface area contributed by atoms with Crippen LogP contribution in [0.15, 0.2) is 59.3 Å². The SMILES string of the molecule is NCC(NC(=O)c1cc(Br)c(-c2ccnc3[nH]ccc23)s1)c1cccc(F)c1. The molecule has 4 rings (SSSR count). The molecule has 4 N–H and O–H groups in total. The first-order valence-electron chi connectivity index (χ1n) is 8.55. The smallest absolute Gasteiger partial charge is 0.261 e. The van der Waals surface area contributed by atoms with Gasteiger partial charge in [0.25, 0.3) is 5.91 Å². The van der Waals surface area contributed by atoms with E-state index in [-0.39, 0.29) is 18.3 Å². The number of hydrogen-bond acceptors (Lipinski definition) is 4. The third kappa shape index (κ3) is 3.58. The summed E-state index contributed by atoms with van der Waals surface area (Å²) in [7, 11) is 0. The molecule has 8 heteroatoms. The van der Waals surface area contributed by atoms with Crippen LogP contribution >= 0.6 is 27.3 Å². The molecule has 0 spiro atoms. The molecule has 3 heterocycles. The van der Waals surface area contributed by atoms with Gasteiger partial charge in [-0.2, -0.15) is 0 Å². The first-order chi connectivity index (χ1) is 13.6. The number of benzene rings is 1. The molecule has 1 atom stereocenters. The number of nitrogens with two attached hydrogens (primary N) is 1. The van der Waals surface area contributed by atoms with Crippen molar-refractivity contribution in [2.24, 2.45) is 5.73 Å². The Kier molecular flexibility index (Phi) is 5.25. The van der Waals surface area contributed by atoms with E-state index in [0.29, 0.717) is 10.4 Å². The van der Waals surface area contributed by atoms with E-state index in [2.05, 4.69) is 31.2 Å². The molecule has 142 valence electrons. The van der Waals surface area contributed by atoms with E-state index in [1.807, 2.05) is 18.3 Å². The lowest BCUT2D eigenvalue weighted by molar-refractivity contribution is 0.0942. The van der Waals surface area contributed by atoms with Crippen LogP contribution in [0.3, 0.4) is 0 Å². The number of thiophene rings is 1. The number of nitrogens with one attached hydrogen (secondary N) is 2. The maximum atomic E-state index is 13.5. The molecule has 0 saturated carbocycles. The zero-order valence-corrected chi connectivity index (χ0v) is 17.0. The van der Waals surface area contributed by atoms with Gasteiger partial charge in [-0.05, 0) is 51.8 Å². The average molecular weight is 459 g/mol. The molecule has 1 unspecified atom stereocenters. The lowest BCUT2D eigenvalue weighted by Crippen LogP contribution is -2.33. The molecule has 3 aromatic heterocycles. The van der Waals surface area contributed by atoms with Crippen molar-refractivity contribution in [3.8, 4) is 10.4 Å². The van der Waals surface area contributed by atoms with Crippen LogP contribution in [-0.2, 0) is 0 Å². The van der Waals surface area contributed by atoms with Gasteiger partial charge in [0.2, 0.25) is 0 Å². The first-order valence-corrected chi connectivity index (χ1v) is 10.2. The zero-order chi connectivity index (χ0) is 19.7. The number of pyridine rings is 1. The molecule has 0 aliphatic heterocycles. The highest BCUT2D eigenvalue weighted by molar-refractivity contribution is 9.10. The van der Waals surface area contributed by atoms with E-state index < -0.39 is 6.04 Å². The van der Waals surface area contributed by atoms with Crippen molar-refractivity contribution in [3.05, 3.63) is 75.6 Å². The number of nitrogens with zero attached hydrogens (tertiary/aromatic N) is 1. The second kappa shape index (κ2) is 7.83. The molecule has 0 aliphatic rings. The van der Waals surface area contributed by atoms with Crippen LogP contribution in [-0.4, -0.2) is 22.4 Å². The van der Waals surface area contributed by atoms with Gasteiger partial charge in [0.15, 0.2) is 0 Å². The summed E-state index contributed by atoms with van der Waals surface area (Å²) >= 11 is 4.93. The largest absolute Gasteiger partial charge is 0.346 e. The molecular weight excluding hydrogens is 443 g/mol. The first kappa shape index (κ1) is 18.8. The fourth-order valence-electron chi connectivity index (χ4n) is 3.05. The van der Waals surface area contributed by atoms with Gasteiger partial charge >= 0.3 is 0 Å². The summed E-state index contributed by atoms with van der Waals surface area (Å²) in [6, 6.07) is 11.3. The van der Waals surface area contributed by atoms with Crippen molar-refractivity contribution in [2.45, 2.75) is 6.04 Å². The molecule has 0 radical (unpaired) electrons. The molecule has 1 aromatic carbocycles. The van der Waals surface area contributed by atoms with Crippen molar-refractivity contribution in [1.82, 2.24) is 15.3 Å². The molecule has 0 saturated heterocycles. The molecule has 0 aliphatic carbocycles. The van der Waals surface area contributed by atoms with Crippen LogP contribution in [0.2, 0.25) is 0 Å². The second-order valence-electron chi connectivity index (χ2n) is 6.20. The monoisotopic (exact) mass is 458 g/mol. The van der Waals surface area contributed by atoms with E-state index >= 15 is 0 Å². The zero-order valence-electron chi connectivity index (χ0n) is 14.6. The molecule has 28 heavy (non-hydrogen) atoms. The highest BCUT2D eigenvalue weighted by atomic mass is 79.9. The van der Waals surface area contributed by atoms with Gasteiger partial charge < -0.3 is 16.0 Å². The molecular formula is C20H16BrFN4OS. The van der Waals surface area contributed by atoms with Crippen LogP contribution in [0.25, 0.3) is 21.5 Å². The maximum Gasteiger partial charge on any atom is 0.261 e. The molecule has 5 nitrogen and oxygen atoms in total. The maximum absolute atomic E-state index is 13.5. The molecule has 4 aromatic rings. The number of fused-ring (bicyclic) bond motifs is 1. The Morgan fingerprint density at radius 2 is 2.18 bits per heavy atom. The average Bonchev–Trinajstić information content (AvgIpc) is 3.32. The van der Waals surface area contributed by atoms with Crippen LogP contribution in [0, 0.1) is 5.82 Å². The van der Waals surface area contributed by atoms with Crippen molar-refractivity contribution in [1.29, 1.82) is 0 Å². The van der Waals surface area contributed by atoms with Gasteiger partial charge in [-0.3, -0.25) is 4.79 Å². The van der Waals surface area contributed by atoms with Crippen molar-refractivity contribution < 1.29 is 9.18 Å². The van der Waals surface area contributed by atoms with Crippen molar-refractivity contribution in [3.63, 3.8) is 0 Å². The quantitative estimate of drug-likeness (QED) is 0.407. The highest BCUT2D eigenvalue weighted by Gasteiger charge is 2.20. The number of amides is 1. The fourth-order valence-corrected chi connectivity index (χ4v) is 4.88. The Morgan fingerprint density at radius 3 is 2.96 bits per heavy atom. The van der Waals surface area contributed by atoms with Crippen LogP contribution in [0.4, 0.5) is 4.39 Å². The summed E-state index contributed by atoms with van der Waals surface area (Å²) in [6.45, 7) is 0.170. The van der Waals surface area contributed by atoms with Gasteiger partial charge in [0.1, 0.15) is 11.5 Å². The molecule has 0 bridgehead atoms. The number of aromatic amines is 1. The number of rotatable bonds is 5. The van der Waals surface area contributed by atoms with E-state index in [1.54, 1.807) is 24.4 Å². The Hall–Kier alpha value is -2.55. The third-order valence-electron chi connectivity index (χ3n) is 4.41. The Morgan fingerprint density at radius 1 is 1.32 bits per heavy atom. The summed E-state index contributed by atoms with van der Waals surface area (Å²) < 4.78 is 14.3. The summed E-state index contributed by atoms with van der Waals surface area (Å²) in [5.74, 6) is -0.615. The predicted molar refractivity (Wildman–Crippen MR) is 113 cm³/mol. The Bertz CT molecular complexity index is 1160. The summed E-state index contributed by atoms with van der Waals surface area (Å²) in [4.78, 5) is 21.7. The minimum atomic E-state index is -0.468. The van der Waals surface area contributed by atoms with Gasteiger partial charge in [0.05, 0.1) is 15.8 Å². The number of carbonyl (C=O) groups excluding carboxylic acids is 1. The number of hydrogen-bond donors (Lipinski definition) is 3. The van der Waals surface area contributed by atoms with Crippen molar-refractivity contribution in [2.75, 3.05) is 6.54 Å². The highest BCUT2D eigenvalue weighted by Crippen LogP contribution is 2.39. The normalized spacial score (nSPS) is 12.2. The fraction of sp³-hybridized carbons (Fsp3) is 0.100.